The molecule has 0 spiro atoms. The Morgan fingerprint density at radius 1 is 1.24 bits per heavy atom. The van der Waals surface area contributed by atoms with Gasteiger partial charge in [0, 0.05) is 24.9 Å². The highest BCUT2D eigenvalue weighted by Gasteiger charge is 2.39. The first-order chi connectivity index (χ1) is 8.28. The van der Waals surface area contributed by atoms with Crippen LogP contribution in [0.5, 0.6) is 0 Å². The van der Waals surface area contributed by atoms with Crippen LogP contribution >= 0.6 is 0 Å². The minimum Gasteiger partial charge on any atom is -0.469 e. The quantitative estimate of drug-likeness (QED) is 0.878. The van der Waals surface area contributed by atoms with E-state index in [9.17, 15) is 4.39 Å². The standard InChI is InChI=1S/C14H14FNO/c15-12-4-1-3-11(7-12)14(9-16-10-14)8-13-5-2-6-17-13/h1-7,16H,8-10H2. The first-order valence-corrected chi connectivity index (χ1v) is 5.78. The van der Waals surface area contributed by atoms with Gasteiger partial charge in [0.15, 0.2) is 0 Å². The summed E-state index contributed by atoms with van der Waals surface area (Å²) in [6.45, 7) is 1.74. The van der Waals surface area contributed by atoms with Crippen molar-refractivity contribution >= 4 is 0 Å². The highest BCUT2D eigenvalue weighted by molar-refractivity contribution is 5.32. The van der Waals surface area contributed by atoms with Crippen LogP contribution < -0.4 is 5.32 Å². The summed E-state index contributed by atoms with van der Waals surface area (Å²) >= 11 is 0. The minimum atomic E-state index is -0.173. The lowest BCUT2D eigenvalue weighted by atomic mass is 9.72. The van der Waals surface area contributed by atoms with Gasteiger partial charge in [-0.2, -0.15) is 0 Å². The lowest BCUT2D eigenvalue weighted by Gasteiger charge is -2.42. The van der Waals surface area contributed by atoms with E-state index in [1.54, 1.807) is 18.4 Å². The molecule has 1 aliphatic rings. The fourth-order valence-electron chi connectivity index (χ4n) is 2.42. The van der Waals surface area contributed by atoms with Crippen molar-refractivity contribution < 1.29 is 8.81 Å². The summed E-state index contributed by atoms with van der Waals surface area (Å²) in [6, 6.07) is 10.7. The van der Waals surface area contributed by atoms with Crippen molar-refractivity contribution in [2.24, 2.45) is 0 Å². The largest absolute Gasteiger partial charge is 0.469 e. The maximum Gasteiger partial charge on any atom is 0.123 e. The summed E-state index contributed by atoms with van der Waals surface area (Å²) in [5, 5.41) is 3.27. The number of furan rings is 1. The van der Waals surface area contributed by atoms with E-state index < -0.39 is 0 Å². The van der Waals surface area contributed by atoms with Crippen LogP contribution in [0, 0.1) is 5.82 Å². The smallest absolute Gasteiger partial charge is 0.123 e. The third kappa shape index (κ3) is 1.87. The van der Waals surface area contributed by atoms with E-state index in [0.717, 1.165) is 30.8 Å². The zero-order chi connectivity index (χ0) is 11.7. The molecule has 0 bridgehead atoms. The highest BCUT2D eigenvalue weighted by atomic mass is 19.1. The molecule has 3 heteroatoms. The Balaban J connectivity index is 1.92. The number of nitrogens with one attached hydrogen (secondary N) is 1. The number of rotatable bonds is 3. The number of hydrogen-bond donors (Lipinski definition) is 1. The fraction of sp³-hybridized carbons (Fsp3) is 0.286. The molecule has 2 aromatic rings. The minimum absolute atomic E-state index is 0.0139. The van der Waals surface area contributed by atoms with Gasteiger partial charge in [0.25, 0.3) is 0 Å². The highest BCUT2D eigenvalue weighted by Crippen LogP contribution is 2.32. The molecule has 1 N–H and O–H groups in total. The maximum absolute atomic E-state index is 13.3. The Bertz CT molecular complexity index is 503. The van der Waals surface area contributed by atoms with E-state index in [0.29, 0.717) is 0 Å². The van der Waals surface area contributed by atoms with Crippen LogP contribution in [0.2, 0.25) is 0 Å². The van der Waals surface area contributed by atoms with Crippen LogP contribution in [0.1, 0.15) is 11.3 Å². The van der Waals surface area contributed by atoms with Crippen molar-refractivity contribution in [3.8, 4) is 0 Å². The van der Waals surface area contributed by atoms with Crippen LogP contribution in [0.15, 0.2) is 47.1 Å². The van der Waals surface area contributed by atoms with Crippen molar-refractivity contribution in [2.75, 3.05) is 13.1 Å². The van der Waals surface area contributed by atoms with Gasteiger partial charge >= 0.3 is 0 Å². The molecule has 0 amide bonds. The fourth-order valence-corrected chi connectivity index (χ4v) is 2.42. The molecule has 17 heavy (non-hydrogen) atoms. The Hall–Kier alpha value is -1.61. The summed E-state index contributed by atoms with van der Waals surface area (Å²) < 4.78 is 18.7. The maximum atomic E-state index is 13.3. The second kappa shape index (κ2) is 4.00. The van der Waals surface area contributed by atoms with Gasteiger partial charge < -0.3 is 9.73 Å². The van der Waals surface area contributed by atoms with Gasteiger partial charge in [-0.3, -0.25) is 0 Å². The normalized spacial score (nSPS) is 17.7. The number of hydrogen-bond acceptors (Lipinski definition) is 2. The summed E-state index contributed by atoms with van der Waals surface area (Å²) in [4.78, 5) is 0. The van der Waals surface area contributed by atoms with Gasteiger partial charge in [-0.05, 0) is 29.8 Å². The average molecular weight is 231 g/mol. The first-order valence-electron chi connectivity index (χ1n) is 5.78. The molecular formula is C14H14FNO. The van der Waals surface area contributed by atoms with Gasteiger partial charge in [0.05, 0.1) is 6.26 Å². The van der Waals surface area contributed by atoms with Gasteiger partial charge in [-0.15, -0.1) is 0 Å². The molecule has 0 saturated carbocycles. The monoisotopic (exact) mass is 231 g/mol. The Morgan fingerprint density at radius 3 is 2.71 bits per heavy atom. The van der Waals surface area contributed by atoms with Crippen molar-refractivity contribution in [3.05, 3.63) is 59.8 Å². The van der Waals surface area contributed by atoms with E-state index in [1.165, 1.54) is 6.07 Å². The number of benzene rings is 1. The van der Waals surface area contributed by atoms with E-state index in [1.807, 2.05) is 18.2 Å². The molecule has 0 unspecified atom stereocenters. The second-order valence-electron chi connectivity index (χ2n) is 4.65. The van der Waals surface area contributed by atoms with Gasteiger partial charge in [0.1, 0.15) is 11.6 Å². The summed E-state index contributed by atoms with van der Waals surface area (Å²) in [7, 11) is 0. The molecule has 1 saturated heterocycles. The lowest BCUT2D eigenvalue weighted by Crippen LogP contribution is -2.58. The van der Waals surface area contributed by atoms with Gasteiger partial charge in [0.2, 0.25) is 0 Å². The predicted molar refractivity (Wildman–Crippen MR) is 63.4 cm³/mol. The third-order valence-electron chi connectivity index (χ3n) is 3.46. The molecule has 2 nitrogen and oxygen atoms in total. The molecule has 0 radical (unpaired) electrons. The van der Waals surface area contributed by atoms with E-state index in [2.05, 4.69) is 5.32 Å². The molecule has 1 fully saturated rings. The molecule has 1 aromatic carbocycles. The Kier molecular flexibility index (Phi) is 2.48. The van der Waals surface area contributed by atoms with Crippen molar-refractivity contribution in [2.45, 2.75) is 11.8 Å². The molecule has 0 atom stereocenters. The average Bonchev–Trinajstić information content (AvgIpc) is 2.76. The third-order valence-corrected chi connectivity index (χ3v) is 3.46. The van der Waals surface area contributed by atoms with Crippen molar-refractivity contribution in [3.63, 3.8) is 0 Å². The topological polar surface area (TPSA) is 25.2 Å². The molecule has 2 heterocycles. The van der Waals surface area contributed by atoms with Crippen LogP contribution in [0.3, 0.4) is 0 Å². The Labute approximate surface area is 99.5 Å². The summed E-state index contributed by atoms with van der Waals surface area (Å²) in [5.74, 6) is 0.781. The van der Waals surface area contributed by atoms with E-state index in [4.69, 9.17) is 4.42 Å². The SMILES string of the molecule is Fc1cccc(C2(Cc3ccco3)CNC2)c1. The zero-order valence-electron chi connectivity index (χ0n) is 9.45. The van der Waals surface area contributed by atoms with Gasteiger partial charge in [-0.1, -0.05) is 12.1 Å². The van der Waals surface area contributed by atoms with Crippen molar-refractivity contribution in [1.29, 1.82) is 0 Å². The summed E-state index contributed by atoms with van der Waals surface area (Å²) in [5.41, 5.74) is 1.03. The molecular weight excluding hydrogens is 217 g/mol. The van der Waals surface area contributed by atoms with Crippen LogP contribution in [0.25, 0.3) is 0 Å². The van der Waals surface area contributed by atoms with E-state index >= 15 is 0 Å². The molecule has 0 aliphatic carbocycles. The molecule has 1 aromatic heterocycles. The number of halogens is 1. The van der Waals surface area contributed by atoms with Crippen LogP contribution in [-0.2, 0) is 11.8 Å². The Morgan fingerprint density at radius 2 is 2.12 bits per heavy atom. The van der Waals surface area contributed by atoms with Gasteiger partial charge in [-0.25, -0.2) is 4.39 Å². The summed E-state index contributed by atoms with van der Waals surface area (Å²) in [6.07, 6.45) is 2.50. The van der Waals surface area contributed by atoms with Crippen LogP contribution in [0.4, 0.5) is 4.39 Å². The van der Waals surface area contributed by atoms with E-state index in [-0.39, 0.29) is 11.2 Å². The lowest BCUT2D eigenvalue weighted by molar-refractivity contribution is 0.257. The second-order valence-corrected chi connectivity index (χ2v) is 4.65. The zero-order valence-corrected chi connectivity index (χ0v) is 9.45. The molecule has 88 valence electrons. The first kappa shape index (κ1) is 10.5. The van der Waals surface area contributed by atoms with Crippen LogP contribution in [-0.4, -0.2) is 13.1 Å². The molecule has 1 aliphatic heterocycles. The predicted octanol–water partition coefficient (Wildman–Crippen LogP) is 2.50. The van der Waals surface area contributed by atoms with Crippen molar-refractivity contribution in [1.82, 2.24) is 5.32 Å². The molecule has 3 rings (SSSR count).